The van der Waals surface area contributed by atoms with Crippen LogP contribution in [0.5, 0.6) is 0 Å². The summed E-state index contributed by atoms with van der Waals surface area (Å²) in [4.78, 5) is 0. The molecule has 1 nitrogen and oxygen atoms in total. The fraction of sp³-hybridized carbons (Fsp3) is 0.0769. The highest BCUT2D eigenvalue weighted by molar-refractivity contribution is 6.33. The molecule has 2 aromatic rings. The van der Waals surface area contributed by atoms with Gasteiger partial charge in [0.15, 0.2) is 0 Å². The second-order valence-electron chi connectivity index (χ2n) is 3.69. The number of halogens is 4. The Morgan fingerprint density at radius 2 is 1.78 bits per heavy atom. The van der Waals surface area contributed by atoms with Crippen molar-refractivity contribution in [1.82, 2.24) is 0 Å². The Hall–Kier alpha value is -1.32. The highest BCUT2D eigenvalue weighted by atomic mass is 35.5. The molecule has 18 heavy (non-hydrogen) atoms. The van der Waals surface area contributed by atoms with E-state index in [0.29, 0.717) is 11.3 Å². The van der Waals surface area contributed by atoms with Crippen LogP contribution < -0.4 is 5.32 Å². The standard InChI is InChI=1S/C13H9Cl2F2N/c14-10-3-1-2-8(13(10)17)7-18-12-5-4-9(16)6-11(12)15/h1-6,18H,7H2. The highest BCUT2D eigenvalue weighted by Crippen LogP contribution is 2.24. The molecule has 0 bridgehead atoms. The third-order valence-electron chi connectivity index (χ3n) is 2.43. The van der Waals surface area contributed by atoms with Crippen molar-refractivity contribution in [2.24, 2.45) is 0 Å². The topological polar surface area (TPSA) is 12.0 Å². The predicted octanol–water partition coefficient (Wildman–Crippen LogP) is 4.88. The van der Waals surface area contributed by atoms with E-state index < -0.39 is 11.6 Å². The highest BCUT2D eigenvalue weighted by Gasteiger charge is 2.07. The Bertz CT molecular complexity index is 573. The van der Waals surface area contributed by atoms with Gasteiger partial charge in [0.25, 0.3) is 0 Å². The molecule has 0 aliphatic heterocycles. The number of benzene rings is 2. The maximum absolute atomic E-state index is 13.6. The first-order valence-electron chi connectivity index (χ1n) is 5.20. The van der Waals surface area contributed by atoms with Gasteiger partial charge < -0.3 is 5.32 Å². The average Bonchev–Trinajstić information content (AvgIpc) is 2.33. The lowest BCUT2D eigenvalue weighted by molar-refractivity contribution is 0.613. The van der Waals surface area contributed by atoms with Crippen molar-refractivity contribution >= 4 is 28.9 Å². The van der Waals surface area contributed by atoms with Gasteiger partial charge in [-0.15, -0.1) is 0 Å². The molecule has 0 aliphatic carbocycles. The van der Waals surface area contributed by atoms with Crippen LogP contribution in [0.2, 0.25) is 10.0 Å². The Balaban J connectivity index is 2.14. The summed E-state index contributed by atoms with van der Waals surface area (Å²) in [6, 6.07) is 8.73. The quantitative estimate of drug-likeness (QED) is 0.848. The average molecular weight is 288 g/mol. The van der Waals surface area contributed by atoms with E-state index >= 15 is 0 Å². The Labute approximate surface area is 113 Å². The van der Waals surface area contributed by atoms with E-state index in [1.807, 2.05) is 0 Å². The zero-order valence-corrected chi connectivity index (χ0v) is 10.7. The summed E-state index contributed by atoms with van der Waals surface area (Å²) in [5.41, 5.74) is 0.959. The molecule has 0 amide bonds. The number of nitrogens with one attached hydrogen (secondary N) is 1. The van der Waals surface area contributed by atoms with Crippen LogP contribution in [0.4, 0.5) is 14.5 Å². The summed E-state index contributed by atoms with van der Waals surface area (Å²) in [6.07, 6.45) is 0. The van der Waals surface area contributed by atoms with Crippen LogP contribution in [0.1, 0.15) is 5.56 Å². The van der Waals surface area contributed by atoms with E-state index in [1.165, 1.54) is 24.3 Å². The Morgan fingerprint density at radius 1 is 1.00 bits per heavy atom. The number of anilines is 1. The van der Waals surface area contributed by atoms with Crippen LogP contribution in [-0.4, -0.2) is 0 Å². The van der Waals surface area contributed by atoms with Gasteiger partial charge in [-0.2, -0.15) is 0 Å². The van der Waals surface area contributed by atoms with Crippen molar-refractivity contribution in [1.29, 1.82) is 0 Å². The summed E-state index contributed by atoms with van der Waals surface area (Å²) in [5, 5.41) is 3.24. The monoisotopic (exact) mass is 287 g/mol. The van der Waals surface area contributed by atoms with Crippen LogP contribution in [0.3, 0.4) is 0 Å². The van der Waals surface area contributed by atoms with Gasteiger partial charge in [0, 0.05) is 12.1 Å². The Kier molecular flexibility index (Phi) is 4.04. The summed E-state index contributed by atoms with van der Waals surface area (Å²) in [6.45, 7) is 0.220. The minimum Gasteiger partial charge on any atom is -0.380 e. The first kappa shape index (κ1) is 13.1. The van der Waals surface area contributed by atoms with Crippen LogP contribution in [0, 0.1) is 11.6 Å². The first-order valence-corrected chi connectivity index (χ1v) is 5.95. The van der Waals surface area contributed by atoms with Gasteiger partial charge in [0.05, 0.1) is 15.7 Å². The molecule has 0 unspecified atom stereocenters. The lowest BCUT2D eigenvalue weighted by Gasteiger charge is -2.09. The molecule has 0 aliphatic rings. The van der Waals surface area contributed by atoms with Gasteiger partial charge in [-0.25, -0.2) is 8.78 Å². The molecular weight excluding hydrogens is 279 g/mol. The van der Waals surface area contributed by atoms with E-state index in [4.69, 9.17) is 23.2 Å². The molecule has 0 atom stereocenters. The molecule has 2 aromatic carbocycles. The van der Waals surface area contributed by atoms with Gasteiger partial charge in [0.1, 0.15) is 11.6 Å². The smallest absolute Gasteiger partial charge is 0.146 e. The maximum Gasteiger partial charge on any atom is 0.146 e. The molecule has 0 fully saturated rings. The molecule has 0 aromatic heterocycles. The van der Waals surface area contributed by atoms with Crippen LogP contribution >= 0.6 is 23.2 Å². The van der Waals surface area contributed by atoms with Crippen molar-refractivity contribution in [2.75, 3.05) is 5.32 Å². The SMILES string of the molecule is Fc1ccc(NCc2cccc(Cl)c2F)c(Cl)c1. The molecule has 5 heteroatoms. The third-order valence-corrected chi connectivity index (χ3v) is 3.04. The van der Waals surface area contributed by atoms with Gasteiger partial charge in [-0.1, -0.05) is 35.3 Å². The molecule has 0 spiro atoms. The summed E-state index contributed by atoms with van der Waals surface area (Å²) in [5.74, 6) is -0.885. The van der Waals surface area contributed by atoms with Gasteiger partial charge >= 0.3 is 0 Å². The summed E-state index contributed by atoms with van der Waals surface area (Å²) in [7, 11) is 0. The van der Waals surface area contributed by atoms with Crippen molar-refractivity contribution in [3.63, 3.8) is 0 Å². The summed E-state index contributed by atoms with van der Waals surface area (Å²) >= 11 is 11.5. The summed E-state index contributed by atoms with van der Waals surface area (Å²) < 4.78 is 26.4. The van der Waals surface area contributed by atoms with Crippen LogP contribution in [0.15, 0.2) is 36.4 Å². The molecular formula is C13H9Cl2F2N. The minimum absolute atomic E-state index is 0.0690. The third kappa shape index (κ3) is 2.92. The fourth-order valence-electron chi connectivity index (χ4n) is 1.51. The minimum atomic E-state index is -0.468. The van der Waals surface area contributed by atoms with Crippen LogP contribution in [0.25, 0.3) is 0 Å². The van der Waals surface area contributed by atoms with Gasteiger partial charge in [-0.3, -0.25) is 0 Å². The van der Waals surface area contributed by atoms with Crippen molar-refractivity contribution in [3.8, 4) is 0 Å². The number of hydrogen-bond acceptors (Lipinski definition) is 1. The largest absolute Gasteiger partial charge is 0.380 e. The first-order chi connectivity index (χ1) is 8.58. The zero-order chi connectivity index (χ0) is 13.1. The normalized spacial score (nSPS) is 10.4. The molecule has 94 valence electrons. The van der Waals surface area contributed by atoms with Crippen molar-refractivity contribution < 1.29 is 8.78 Å². The lowest BCUT2D eigenvalue weighted by Crippen LogP contribution is -2.02. The number of hydrogen-bond donors (Lipinski definition) is 1. The van der Waals surface area contributed by atoms with Gasteiger partial charge in [0.2, 0.25) is 0 Å². The van der Waals surface area contributed by atoms with E-state index in [2.05, 4.69) is 5.32 Å². The van der Waals surface area contributed by atoms with E-state index in [-0.39, 0.29) is 16.6 Å². The molecule has 0 saturated heterocycles. The van der Waals surface area contributed by atoms with E-state index in [0.717, 1.165) is 0 Å². The van der Waals surface area contributed by atoms with E-state index in [1.54, 1.807) is 12.1 Å². The maximum atomic E-state index is 13.6. The second-order valence-corrected chi connectivity index (χ2v) is 4.51. The fourth-order valence-corrected chi connectivity index (χ4v) is 1.94. The van der Waals surface area contributed by atoms with Gasteiger partial charge in [-0.05, 0) is 24.3 Å². The van der Waals surface area contributed by atoms with Crippen molar-refractivity contribution in [2.45, 2.75) is 6.54 Å². The second kappa shape index (κ2) is 5.55. The lowest BCUT2D eigenvalue weighted by atomic mass is 10.2. The van der Waals surface area contributed by atoms with Crippen molar-refractivity contribution in [3.05, 3.63) is 63.6 Å². The predicted molar refractivity (Wildman–Crippen MR) is 70.1 cm³/mol. The molecule has 2 rings (SSSR count). The molecule has 0 heterocycles. The Morgan fingerprint density at radius 3 is 2.50 bits per heavy atom. The number of rotatable bonds is 3. The molecule has 1 N–H and O–H groups in total. The molecule has 0 radical (unpaired) electrons. The zero-order valence-electron chi connectivity index (χ0n) is 9.18. The molecule has 0 saturated carbocycles. The van der Waals surface area contributed by atoms with Crippen LogP contribution in [-0.2, 0) is 6.54 Å². The van der Waals surface area contributed by atoms with E-state index in [9.17, 15) is 8.78 Å².